The first-order valence-corrected chi connectivity index (χ1v) is 18.9. The maximum atomic E-state index is 14.2. The number of likely N-dealkylation sites (N-methyl/N-ethyl adjacent to an activating group) is 1. The average molecular weight is 717 g/mol. The first-order valence-electron chi connectivity index (χ1n) is 18.9. The number of carbonyl (C=O) groups excluding carboxylic acids is 1. The summed E-state index contributed by atoms with van der Waals surface area (Å²) in [6.07, 6.45) is -2.11. The van der Waals surface area contributed by atoms with Crippen molar-refractivity contribution in [1.82, 2.24) is 9.80 Å². The molecule has 3 aliphatic heterocycles. The van der Waals surface area contributed by atoms with Crippen LogP contribution in [0.25, 0.3) is 0 Å². The van der Waals surface area contributed by atoms with Gasteiger partial charge in [0.25, 0.3) is 0 Å². The van der Waals surface area contributed by atoms with Crippen LogP contribution in [0.3, 0.4) is 0 Å². The molecule has 0 aromatic rings. The Labute approximate surface area is 302 Å². The largest absolute Gasteiger partial charge is 0.459 e. The molecule has 3 aliphatic rings. The molecule has 3 heterocycles. The van der Waals surface area contributed by atoms with E-state index in [2.05, 4.69) is 25.9 Å². The van der Waals surface area contributed by atoms with Crippen molar-refractivity contribution in [2.45, 2.75) is 186 Å². The quantitative estimate of drug-likeness (QED) is 0.329. The minimum Gasteiger partial charge on any atom is -0.459 e. The predicted molar refractivity (Wildman–Crippen MR) is 191 cm³/mol. The number of carbonyl (C=O) groups is 1. The Hall–Kier alpha value is -0.930. The van der Waals surface area contributed by atoms with Crippen molar-refractivity contribution in [1.29, 1.82) is 0 Å². The highest BCUT2D eigenvalue weighted by molar-refractivity contribution is 5.73. The summed E-state index contributed by atoms with van der Waals surface area (Å²) < 4.78 is 38.3. The predicted octanol–water partition coefficient (Wildman–Crippen LogP) is 3.96. The number of methoxy groups -OCH3 is 1. The van der Waals surface area contributed by atoms with Gasteiger partial charge in [0.05, 0.1) is 41.5 Å². The second-order valence-electron chi connectivity index (χ2n) is 17.1. The highest BCUT2D eigenvalue weighted by Crippen LogP contribution is 2.40. The van der Waals surface area contributed by atoms with Crippen LogP contribution in [0.1, 0.15) is 108 Å². The van der Waals surface area contributed by atoms with Gasteiger partial charge in [0.1, 0.15) is 17.8 Å². The summed E-state index contributed by atoms with van der Waals surface area (Å²) in [5.41, 5.74) is -3.62. The first kappa shape index (κ1) is 43.5. The van der Waals surface area contributed by atoms with Gasteiger partial charge in [-0.3, -0.25) is 4.79 Å². The standard InChI is InChI=1S/C38H72N2O10/c1-15-29-38(10,44)33(41)27(7)40(13)21-22(2)18-37(9,43)34(50-30-17-28(39(11)12)16-23(3)46-30)25(5)32(26(6)35(42)48-29)49-31-20-36(8,45-14)19-24(4)47-31/h22-34,41,43-44H,15-21H2,1-14H3/t22-,23?,24?,25+,26?,27?,28?,29-,30?,31+,32+,33?,34-,36?,37?,38?/m1/s1. The van der Waals surface area contributed by atoms with Gasteiger partial charge in [-0.1, -0.05) is 20.8 Å². The van der Waals surface area contributed by atoms with E-state index in [1.807, 2.05) is 53.5 Å². The average Bonchev–Trinajstić information content (AvgIpc) is 3.01. The third kappa shape index (κ3) is 10.6. The van der Waals surface area contributed by atoms with Gasteiger partial charge in [-0.05, 0) is 94.8 Å². The molecule has 3 fully saturated rings. The highest BCUT2D eigenvalue weighted by Gasteiger charge is 2.50. The van der Waals surface area contributed by atoms with Crippen LogP contribution >= 0.6 is 0 Å². The van der Waals surface area contributed by atoms with Crippen molar-refractivity contribution < 1.29 is 48.5 Å². The van der Waals surface area contributed by atoms with Crippen LogP contribution in [0, 0.1) is 17.8 Å². The van der Waals surface area contributed by atoms with Crippen molar-refractivity contribution in [3.8, 4) is 0 Å². The van der Waals surface area contributed by atoms with Crippen LogP contribution in [0.15, 0.2) is 0 Å². The number of nitrogens with zero attached hydrogens (tertiary/aromatic N) is 2. The molecule has 10 unspecified atom stereocenters. The first-order chi connectivity index (χ1) is 23.0. The number of cyclic esters (lactones) is 1. The summed E-state index contributed by atoms with van der Waals surface area (Å²) in [4.78, 5) is 18.3. The van der Waals surface area contributed by atoms with Crippen molar-refractivity contribution in [3.63, 3.8) is 0 Å². The molecule has 3 N–H and O–H groups in total. The van der Waals surface area contributed by atoms with Gasteiger partial charge in [0.2, 0.25) is 0 Å². The minimum absolute atomic E-state index is 0.0414. The molecule has 0 saturated carbocycles. The van der Waals surface area contributed by atoms with Gasteiger partial charge in [0.15, 0.2) is 12.6 Å². The molecule has 3 saturated heterocycles. The third-order valence-corrected chi connectivity index (χ3v) is 11.9. The summed E-state index contributed by atoms with van der Waals surface area (Å²) in [5.74, 6) is -2.05. The fraction of sp³-hybridized carbons (Fsp3) is 0.974. The Kier molecular flexibility index (Phi) is 15.2. The smallest absolute Gasteiger partial charge is 0.311 e. The van der Waals surface area contributed by atoms with E-state index >= 15 is 0 Å². The lowest BCUT2D eigenvalue weighted by Crippen LogP contribution is -2.59. The van der Waals surface area contributed by atoms with Crippen LogP contribution in [0.4, 0.5) is 0 Å². The molecule has 0 spiro atoms. The van der Waals surface area contributed by atoms with Crippen LogP contribution in [-0.4, -0.2) is 144 Å². The number of hydrogen-bond acceptors (Lipinski definition) is 12. The molecule has 0 aliphatic carbocycles. The molecule has 3 rings (SSSR count). The maximum Gasteiger partial charge on any atom is 0.311 e. The van der Waals surface area contributed by atoms with Crippen LogP contribution < -0.4 is 0 Å². The fourth-order valence-corrected chi connectivity index (χ4v) is 8.73. The zero-order valence-corrected chi connectivity index (χ0v) is 33.5. The van der Waals surface area contributed by atoms with Crippen molar-refractivity contribution in [2.75, 3.05) is 34.8 Å². The molecule has 12 heteroatoms. The Morgan fingerprint density at radius 1 is 0.920 bits per heavy atom. The Morgan fingerprint density at radius 2 is 1.54 bits per heavy atom. The van der Waals surface area contributed by atoms with E-state index in [0.717, 1.165) is 6.42 Å². The molecule has 50 heavy (non-hydrogen) atoms. The van der Waals surface area contributed by atoms with E-state index in [1.165, 1.54) is 6.92 Å². The molecule has 0 aromatic heterocycles. The molecular formula is C38H72N2O10. The van der Waals surface area contributed by atoms with Crippen LogP contribution in [0.2, 0.25) is 0 Å². The molecule has 294 valence electrons. The summed E-state index contributed by atoms with van der Waals surface area (Å²) in [5, 5.41) is 35.7. The lowest BCUT2D eigenvalue weighted by molar-refractivity contribution is -0.292. The molecular weight excluding hydrogens is 644 g/mol. The zero-order chi connectivity index (χ0) is 37.9. The van der Waals surface area contributed by atoms with E-state index in [1.54, 1.807) is 21.0 Å². The number of aliphatic hydroxyl groups excluding tert-OH is 1. The molecule has 0 aromatic carbocycles. The Bertz CT molecular complexity index is 1080. The fourth-order valence-electron chi connectivity index (χ4n) is 8.73. The Balaban J connectivity index is 2.13. The molecule has 0 amide bonds. The second-order valence-corrected chi connectivity index (χ2v) is 17.1. The van der Waals surface area contributed by atoms with Gasteiger partial charge >= 0.3 is 5.97 Å². The highest BCUT2D eigenvalue weighted by atomic mass is 16.7. The lowest BCUT2D eigenvalue weighted by Gasteiger charge is -2.47. The maximum absolute atomic E-state index is 14.2. The summed E-state index contributed by atoms with van der Waals surface area (Å²) >= 11 is 0. The van der Waals surface area contributed by atoms with Crippen molar-refractivity contribution in [3.05, 3.63) is 0 Å². The van der Waals surface area contributed by atoms with E-state index in [9.17, 15) is 20.1 Å². The van der Waals surface area contributed by atoms with E-state index in [-0.39, 0.29) is 30.6 Å². The molecule has 0 bridgehead atoms. The molecule has 12 nitrogen and oxygen atoms in total. The molecule has 0 radical (unpaired) electrons. The number of rotatable bonds is 7. The summed E-state index contributed by atoms with van der Waals surface area (Å²) in [6, 6.07) is -0.245. The topological polar surface area (TPSA) is 140 Å². The van der Waals surface area contributed by atoms with E-state index in [4.69, 9.17) is 28.4 Å². The Morgan fingerprint density at radius 3 is 2.12 bits per heavy atom. The summed E-state index contributed by atoms with van der Waals surface area (Å²) in [7, 11) is 7.67. The van der Waals surface area contributed by atoms with Crippen molar-refractivity contribution >= 4 is 5.97 Å². The van der Waals surface area contributed by atoms with Gasteiger partial charge in [-0.2, -0.15) is 0 Å². The van der Waals surface area contributed by atoms with Gasteiger partial charge < -0.3 is 53.5 Å². The number of hydrogen-bond donors (Lipinski definition) is 3. The van der Waals surface area contributed by atoms with Crippen LogP contribution in [0.5, 0.6) is 0 Å². The van der Waals surface area contributed by atoms with E-state index in [0.29, 0.717) is 32.2 Å². The van der Waals surface area contributed by atoms with Gasteiger partial charge in [-0.25, -0.2) is 0 Å². The number of ether oxygens (including phenoxy) is 6. The number of esters is 1. The molecule has 16 atom stereocenters. The second kappa shape index (κ2) is 17.5. The van der Waals surface area contributed by atoms with Gasteiger partial charge in [0, 0.05) is 50.9 Å². The normalized spacial score (nSPS) is 48.1. The van der Waals surface area contributed by atoms with E-state index < -0.39 is 77.6 Å². The minimum atomic E-state index is -1.74. The zero-order valence-electron chi connectivity index (χ0n) is 33.5. The monoisotopic (exact) mass is 717 g/mol. The van der Waals surface area contributed by atoms with Crippen molar-refractivity contribution in [2.24, 2.45) is 17.8 Å². The summed E-state index contributed by atoms with van der Waals surface area (Å²) in [6.45, 7) is 19.3. The van der Waals surface area contributed by atoms with Gasteiger partial charge in [-0.15, -0.1) is 0 Å². The van der Waals surface area contributed by atoms with Crippen LogP contribution in [-0.2, 0) is 33.2 Å². The SMILES string of the molecule is CC[C@H]1OC(=O)C(C)[C@@H](O[C@H]2CC(C)(OC)CC(C)O2)[C@H](C)[C@@H](OC2CC(N(C)C)CC(C)O2)C(C)(O)C[C@@H](C)CN(C)C(C)C(O)C1(C)O. The third-order valence-electron chi connectivity index (χ3n) is 11.9. The number of aliphatic hydroxyl groups is 3. The lowest BCUT2D eigenvalue weighted by atomic mass is 9.77.